The smallest absolute Gasteiger partial charge is 0.254 e. The third-order valence-electron chi connectivity index (χ3n) is 3.14. The Hall–Kier alpha value is -0.700. The molecule has 0 amide bonds. The van der Waals surface area contributed by atoms with Crippen LogP contribution in [0.25, 0.3) is 0 Å². The molecule has 0 aromatic carbocycles. The molecular weight excluding hydrogens is 218 g/mol. The standard InChI is InChI=1S/C13H19NOS/c1-9(2)7-14-12-5-3-4-10(12)6-11(8-16)13(14)15/h6,9,16H,3-5,7-8H2,1-2H3. The van der Waals surface area contributed by atoms with Crippen molar-refractivity contribution < 1.29 is 0 Å². The van der Waals surface area contributed by atoms with Crippen LogP contribution in [0.1, 0.15) is 37.1 Å². The van der Waals surface area contributed by atoms with Crippen LogP contribution in [-0.2, 0) is 25.1 Å². The molecule has 0 bridgehead atoms. The fourth-order valence-corrected chi connectivity index (χ4v) is 2.68. The van der Waals surface area contributed by atoms with Gasteiger partial charge in [-0.1, -0.05) is 13.8 Å². The predicted molar refractivity (Wildman–Crippen MR) is 70.3 cm³/mol. The quantitative estimate of drug-likeness (QED) is 0.801. The molecule has 0 N–H and O–H groups in total. The molecule has 1 heterocycles. The molecule has 1 aliphatic carbocycles. The first-order valence-corrected chi connectivity index (χ1v) is 6.62. The van der Waals surface area contributed by atoms with E-state index in [2.05, 4.69) is 32.5 Å². The first-order valence-electron chi connectivity index (χ1n) is 5.98. The minimum atomic E-state index is 0.171. The lowest BCUT2D eigenvalue weighted by Gasteiger charge is -2.15. The van der Waals surface area contributed by atoms with E-state index in [0.29, 0.717) is 11.7 Å². The summed E-state index contributed by atoms with van der Waals surface area (Å²) in [5, 5.41) is 0. The summed E-state index contributed by atoms with van der Waals surface area (Å²) < 4.78 is 1.98. The van der Waals surface area contributed by atoms with Gasteiger partial charge in [0.05, 0.1) is 0 Å². The molecule has 0 spiro atoms. The van der Waals surface area contributed by atoms with Gasteiger partial charge in [0.1, 0.15) is 0 Å². The second-order valence-electron chi connectivity index (χ2n) is 4.96. The van der Waals surface area contributed by atoms with Crippen molar-refractivity contribution in [3.8, 4) is 0 Å². The number of hydrogen-bond donors (Lipinski definition) is 1. The number of fused-ring (bicyclic) bond motifs is 1. The van der Waals surface area contributed by atoms with Gasteiger partial charge in [0.15, 0.2) is 0 Å². The molecule has 0 unspecified atom stereocenters. The molecule has 2 rings (SSSR count). The normalized spacial score (nSPS) is 14.5. The molecule has 1 aliphatic rings. The Labute approximate surface area is 102 Å². The van der Waals surface area contributed by atoms with E-state index < -0.39 is 0 Å². The van der Waals surface area contributed by atoms with Gasteiger partial charge >= 0.3 is 0 Å². The van der Waals surface area contributed by atoms with Gasteiger partial charge in [-0.2, -0.15) is 12.6 Å². The maximum atomic E-state index is 12.2. The van der Waals surface area contributed by atoms with Gasteiger partial charge in [0, 0.05) is 23.6 Å². The van der Waals surface area contributed by atoms with Crippen molar-refractivity contribution in [3.63, 3.8) is 0 Å². The fraction of sp³-hybridized carbons (Fsp3) is 0.615. The lowest BCUT2D eigenvalue weighted by Crippen LogP contribution is -2.28. The molecule has 0 radical (unpaired) electrons. The predicted octanol–water partition coefficient (Wildman–Crippen LogP) is 2.42. The van der Waals surface area contributed by atoms with Crippen LogP contribution in [0.3, 0.4) is 0 Å². The van der Waals surface area contributed by atoms with Crippen molar-refractivity contribution in [2.75, 3.05) is 0 Å². The maximum Gasteiger partial charge on any atom is 0.254 e. The number of rotatable bonds is 3. The Bertz CT molecular complexity index is 448. The summed E-state index contributed by atoms with van der Waals surface area (Å²) >= 11 is 4.25. The molecular formula is C13H19NOS. The van der Waals surface area contributed by atoms with Crippen LogP contribution in [0.5, 0.6) is 0 Å². The summed E-state index contributed by atoms with van der Waals surface area (Å²) in [6.45, 7) is 5.14. The minimum absolute atomic E-state index is 0.171. The van der Waals surface area contributed by atoms with Crippen molar-refractivity contribution >= 4 is 12.6 Å². The monoisotopic (exact) mass is 237 g/mol. The summed E-state index contributed by atoms with van der Waals surface area (Å²) in [6, 6.07) is 2.06. The highest BCUT2D eigenvalue weighted by atomic mass is 32.1. The number of thiol groups is 1. The van der Waals surface area contributed by atoms with Crippen molar-refractivity contribution in [1.29, 1.82) is 0 Å². The van der Waals surface area contributed by atoms with Crippen LogP contribution in [-0.4, -0.2) is 4.57 Å². The number of aromatic nitrogens is 1. The number of hydrogen-bond acceptors (Lipinski definition) is 2. The largest absolute Gasteiger partial charge is 0.312 e. The fourth-order valence-electron chi connectivity index (χ4n) is 2.45. The zero-order valence-corrected chi connectivity index (χ0v) is 10.9. The SMILES string of the molecule is CC(C)Cn1c2c(cc(CS)c1=O)CCC2. The molecule has 0 aliphatic heterocycles. The summed E-state index contributed by atoms with van der Waals surface area (Å²) in [6.07, 6.45) is 3.36. The van der Waals surface area contributed by atoms with E-state index in [4.69, 9.17) is 0 Å². The minimum Gasteiger partial charge on any atom is -0.312 e. The summed E-state index contributed by atoms with van der Waals surface area (Å²) in [5.74, 6) is 1.06. The van der Waals surface area contributed by atoms with Crippen LogP contribution in [0.4, 0.5) is 0 Å². The van der Waals surface area contributed by atoms with E-state index in [-0.39, 0.29) is 5.56 Å². The zero-order valence-electron chi connectivity index (χ0n) is 9.99. The van der Waals surface area contributed by atoms with Crippen LogP contribution in [0.2, 0.25) is 0 Å². The van der Waals surface area contributed by atoms with Gasteiger partial charge in [-0.25, -0.2) is 0 Å². The van der Waals surface area contributed by atoms with Crippen LogP contribution in [0, 0.1) is 5.92 Å². The van der Waals surface area contributed by atoms with Crippen molar-refractivity contribution in [1.82, 2.24) is 4.57 Å². The molecule has 0 saturated carbocycles. The molecule has 16 heavy (non-hydrogen) atoms. The lowest BCUT2D eigenvalue weighted by molar-refractivity contribution is 0.496. The Morgan fingerprint density at radius 2 is 2.19 bits per heavy atom. The average Bonchev–Trinajstić information content (AvgIpc) is 2.69. The van der Waals surface area contributed by atoms with E-state index in [1.807, 2.05) is 4.57 Å². The second-order valence-corrected chi connectivity index (χ2v) is 5.28. The Kier molecular flexibility index (Phi) is 3.43. The van der Waals surface area contributed by atoms with Crippen molar-refractivity contribution in [2.45, 2.75) is 45.4 Å². The highest BCUT2D eigenvalue weighted by molar-refractivity contribution is 7.79. The van der Waals surface area contributed by atoms with Gasteiger partial charge < -0.3 is 4.57 Å². The third kappa shape index (κ3) is 2.05. The molecule has 0 atom stereocenters. The molecule has 1 aromatic heterocycles. The van der Waals surface area contributed by atoms with Crippen molar-refractivity contribution in [2.24, 2.45) is 5.92 Å². The maximum absolute atomic E-state index is 12.2. The number of aryl methyl sites for hydroxylation is 1. The molecule has 2 nitrogen and oxygen atoms in total. The first-order chi connectivity index (χ1) is 7.63. The van der Waals surface area contributed by atoms with Gasteiger partial charge in [-0.3, -0.25) is 4.79 Å². The Balaban J connectivity index is 2.55. The molecule has 0 fully saturated rings. The van der Waals surface area contributed by atoms with E-state index in [0.717, 1.165) is 24.9 Å². The topological polar surface area (TPSA) is 22.0 Å². The third-order valence-corrected chi connectivity index (χ3v) is 3.48. The Morgan fingerprint density at radius 1 is 1.44 bits per heavy atom. The molecule has 1 aromatic rings. The van der Waals surface area contributed by atoms with Crippen LogP contribution < -0.4 is 5.56 Å². The second kappa shape index (κ2) is 4.66. The molecule has 88 valence electrons. The van der Waals surface area contributed by atoms with E-state index in [1.165, 1.54) is 17.7 Å². The van der Waals surface area contributed by atoms with E-state index in [1.54, 1.807) is 0 Å². The van der Waals surface area contributed by atoms with Crippen molar-refractivity contribution in [3.05, 3.63) is 33.2 Å². The summed E-state index contributed by atoms with van der Waals surface area (Å²) in [4.78, 5) is 12.2. The van der Waals surface area contributed by atoms with Gasteiger partial charge in [0.2, 0.25) is 0 Å². The average molecular weight is 237 g/mol. The first kappa shape index (κ1) is 11.8. The lowest BCUT2D eigenvalue weighted by atomic mass is 10.1. The number of nitrogens with zero attached hydrogens (tertiary/aromatic N) is 1. The highest BCUT2D eigenvalue weighted by Gasteiger charge is 2.18. The molecule has 3 heteroatoms. The summed E-state index contributed by atoms with van der Waals surface area (Å²) in [5.41, 5.74) is 3.66. The zero-order chi connectivity index (χ0) is 11.7. The Morgan fingerprint density at radius 3 is 2.81 bits per heavy atom. The van der Waals surface area contributed by atoms with Gasteiger partial charge in [-0.05, 0) is 36.8 Å². The van der Waals surface area contributed by atoms with E-state index >= 15 is 0 Å². The molecule has 0 saturated heterocycles. The summed E-state index contributed by atoms with van der Waals surface area (Å²) in [7, 11) is 0. The van der Waals surface area contributed by atoms with Gasteiger partial charge in [0.25, 0.3) is 5.56 Å². The van der Waals surface area contributed by atoms with E-state index in [9.17, 15) is 4.79 Å². The van der Waals surface area contributed by atoms with Crippen LogP contribution in [0.15, 0.2) is 10.9 Å². The van der Waals surface area contributed by atoms with Gasteiger partial charge in [-0.15, -0.1) is 0 Å². The number of pyridine rings is 1. The van der Waals surface area contributed by atoms with Crippen LogP contribution >= 0.6 is 12.6 Å². The highest BCUT2D eigenvalue weighted by Crippen LogP contribution is 2.22.